The van der Waals surface area contributed by atoms with Crippen molar-refractivity contribution in [3.8, 4) is 0 Å². The Hall–Kier alpha value is -0.570. The molecule has 1 aliphatic rings. The monoisotopic (exact) mass is 184 g/mol. The van der Waals surface area contributed by atoms with Crippen LogP contribution in [-0.2, 0) is 4.79 Å². The molecule has 0 spiro atoms. The highest BCUT2D eigenvalue weighted by atomic mass is 16.2. The van der Waals surface area contributed by atoms with E-state index in [2.05, 4.69) is 24.5 Å². The molecule has 1 amide bonds. The molecule has 0 saturated heterocycles. The van der Waals surface area contributed by atoms with Crippen molar-refractivity contribution in [2.75, 3.05) is 13.1 Å². The Morgan fingerprint density at radius 1 is 1.46 bits per heavy atom. The van der Waals surface area contributed by atoms with Crippen LogP contribution in [0.1, 0.15) is 33.1 Å². The van der Waals surface area contributed by atoms with Crippen molar-refractivity contribution in [3.05, 3.63) is 0 Å². The molecule has 3 nitrogen and oxygen atoms in total. The number of carbonyl (C=O) groups is 1. The lowest BCUT2D eigenvalue weighted by molar-refractivity contribution is -0.122. The standard InChI is InChI=1S/C10H20N2O/c1-3-8(2)11-6-7-12-10(13)9-4-5-9/h8-9,11H,3-7H2,1-2H3,(H,12,13). The van der Waals surface area contributed by atoms with Gasteiger partial charge in [-0.1, -0.05) is 6.92 Å². The van der Waals surface area contributed by atoms with Crippen LogP contribution in [0.3, 0.4) is 0 Å². The van der Waals surface area contributed by atoms with Gasteiger partial charge in [-0.15, -0.1) is 0 Å². The average molecular weight is 184 g/mol. The molecular weight excluding hydrogens is 164 g/mol. The summed E-state index contributed by atoms with van der Waals surface area (Å²) in [4.78, 5) is 11.2. The number of rotatable bonds is 6. The molecule has 1 atom stereocenters. The zero-order valence-corrected chi connectivity index (χ0v) is 8.60. The molecular formula is C10H20N2O. The van der Waals surface area contributed by atoms with Gasteiger partial charge in [-0.25, -0.2) is 0 Å². The highest BCUT2D eigenvalue weighted by molar-refractivity contribution is 5.80. The van der Waals surface area contributed by atoms with E-state index >= 15 is 0 Å². The van der Waals surface area contributed by atoms with Crippen LogP contribution in [0, 0.1) is 5.92 Å². The zero-order valence-electron chi connectivity index (χ0n) is 8.60. The van der Waals surface area contributed by atoms with Crippen molar-refractivity contribution in [1.29, 1.82) is 0 Å². The van der Waals surface area contributed by atoms with Gasteiger partial charge in [-0.3, -0.25) is 4.79 Å². The fourth-order valence-electron chi connectivity index (χ4n) is 1.14. The summed E-state index contributed by atoms with van der Waals surface area (Å²) in [6, 6.07) is 0.554. The maximum atomic E-state index is 11.2. The second kappa shape index (κ2) is 5.22. The number of hydrogen-bond acceptors (Lipinski definition) is 2. The van der Waals surface area contributed by atoms with Crippen molar-refractivity contribution in [2.24, 2.45) is 5.92 Å². The fraction of sp³-hybridized carbons (Fsp3) is 0.900. The van der Waals surface area contributed by atoms with E-state index in [0.717, 1.165) is 32.4 Å². The third kappa shape index (κ3) is 4.27. The summed E-state index contributed by atoms with van der Waals surface area (Å²) in [5.74, 6) is 0.578. The SMILES string of the molecule is CCC(C)NCCNC(=O)C1CC1. The molecule has 0 aromatic rings. The molecule has 0 heterocycles. The van der Waals surface area contributed by atoms with E-state index in [-0.39, 0.29) is 5.91 Å². The predicted molar refractivity (Wildman–Crippen MR) is 53.5 cm³/mol. The maximum Gasteiger partial charge on any atom is 0.223 e. The van der Waals surface area contributed by atoms with E-state index in [1.165, 1.54) is 0 Å². The number of hydrogen-bond donors (Lipinski definition) is 2. The van der Waals surface area contributed by atoms with E-state index in [9.17, 15) is 4.79 Å². The maximum absolute atomic E-state index is 11.2. The third-order valence-corrected chi connectivity index (χ3v) is 2.48. The smallest absolute Gasteiger partial charge is 0.223 e. The van der Waals surface area contributed by atoms with Gasteiger partial charge in [0.25, 0.3) is 0 Å². The average Bonchev–Trinajstić information content (AvgIpc) is 2.94. The van der Waals surface area contributed by atoms with Crippen LogP contribution in [0.25, 0.3) is 0 Å². The Bertz CT molecular complexity index is 166. The summed E-state index contributed by atoms with van der Waals surface area (Å²) in [6.07, 6.45) is 3.31. The van der Waals surface area contributed by atoms with Gasteiger partial charge < -0.3 is 10.6 Å². The molecule has 1 saturated carbocycles. The minimum atomic E-state index is 0.242. The summed E-state index contributed by atoms with van der Waals surface area (Å²) in [5.41, 5.74) is 0. The van der Waals surface area contributed by atoms with Gasteiger partial charge >= 0.3 is 0 Å². The highest BCUT2D eigenvalue weighted by Crippen LogP contribution is 2.28. The molecule has 76 valence electrons. The van der Waals surface area contributed by atoms with Crippen molar-refractivity contribution in [1.82, 2.24) is 10.6 Å². The number of nitrogens with one attached hydrogen (secondary N) is 2. The van der Waals surface area contributed by atoms with Gasteiger partial charge in [0, 0.05) is 25.0 Å². The summed E-state index contributed by atoms with van der Waals surface area (Å²) >= 11 is 0. The first-order valence-corrected chi connectivity index (χ1v) is 5.25. The lowest BCUT2D eigenvalue weighted by Crippen LogP contribution is -2.36. The minimum Gasteiger partial charge on any atom is -0.355 e. The highest BCUT2D eigenvalue weighted by Gasteiger charge is 2.28. The normalized spacial score (nSPS) is 18.3. The summed E-state index contributed by atoms with van der Waals surface area (Å²) in [5, 5.41) is 6.25. The molecule has 3 heteroatoms. The topological polar surface area (TPSA) is 41.1 Å². The molecule has 0 aromatic carbocycles. The lowest BCUT2D eigenvalue weighted by Gasteiger charge is -2.11. The Morgan fingerprint density at radius 3 is 2.69 bits per heavy atom. The van der Waals surface area contributed by atoms with Crippen LogP contribution < -0.4 is 10.6 Å². The predicted octanol–water partition coefficient (Wildman–Crippen LogP) is 0.901. The van der Waals surface area contributed by atoms with Crippen LogP contribution in [0.2, 0.25) is 0 Å². The lowest BCUT2D eigenvalue weighted by atomic mass is 10.2. The quantitative estimate of drug-likeness (QED) is 0.602. The van der Waals surface area contributed by atoms with Gasteiger partial charge in [0.15, 0.2) is 0 Å². The van der Waals surface area contributed by atoms with Crippen LogP contribution >= 0.6 is 0 Å². The van der Waals surface area contributed by atoms with Crippen molar-refractivity contribution < 1.29 is 4.79 Å². The fourth-order valence-corrected chi connectivity index (χ4v) is 1.14. The Morgan fingerprint density at radius 2 is 2.15 bits per heavy atom. The van der Waals surface area contributed by atoms with E-state index in [0.29, 0.717) is 12.0 Å². The van der Waals surface area contributed by atoms with E-state index in [4.69, 9.17) is 0 Å². The molecule has 0 bridgehead atoms. The van der Waals surface area contributed by atoms with Crippen molar-refractivity contribution >= 4 is 5.91 Å². The molecule has 0 aliphatic heterocycles. The third-order valence-electron chi connectivity index (χ3n) is 2.48. The molecule has 0 aromatic heterocycles. The molecule has 2 N–H and O–H groups in total. The minimum absolute atomic E-state index is 0.242. The summed E-state index contributed by atoms with van der Waals surface area (Å²) in [6.45, 7) is 5.95. The first-order chi connectivity index (χ1) is 6.24. The Kier molecular flexibility index (Phi) is 4.22. The first kappa shape index (κ1) is 10.5. The summed E-state index contributed by atoms with van der Waals surface area (Å²) < 4.78 is 0. The molecule has 13 heavy (non-hydrogen) atoms. The van der Waals surface area contributed by atoms with Gasteiger partial charge in [0.05, 0.1) is 0 Å². The molecule has 1 unspecified atom stereocenters. The molecule has 1 aliphatic carbocycles. The first-order valence-electron chi connectivity index (χ1n) is 5.25. The van der Waals surface area contributed by atoms with Crippen LogP contribution in [0.5, 0.6) is 0 Å². The molecule has 0 radical (unpaired) electrons. The number of carbonyl (C=O) groups excluding carboxylic acids is 1. The van der Waals surface area contributed by atoms with Gasteiger partial charge in [-0.05, 0) is 26.2 Å². The molecule has 1 rings (SSSR count). The van der Waals surface area contributed by atoms with Crippen LogP contribution in [0.15, 0.2) is 0 Å². The Balaban J connectivity index is 1.91. The van der Waals surface area contributed by atoms with Gasteiger partial charge in [-0.2, -0.15) is 0 Å². The van der Waals surface area contributed by atoms with E-state index < -0.39 is 0 Å². The summed E-state index contributed by atoms with van der Waals surface area (Å²) in [7, 11) is 0. The van der Waals surface area contributed by atoms with Crippen LogP contribution in [-0.4, -0.2) is 25.0 Å². The number of amides is 1. The van der Waals surface area contributed by atoms with Crippen molar-refractivity contribution in [3.63, 3.8) is 0 Å². The second-order valence-electron chi connectivity index (χ2n) is 3.83. The van der Waals surface area contributed by atoms with E-state index in [1.54, 1.807) is 0 Å². The second-order valence-corrected chi connectivity index (χ2v) is 3.83. The van der Waals surface area contributed by atoms with Crippen molar-refractivity contribution in [2.45, 2.75) is 39.2 Å². The van der Waals surface area contributed by atoms with E-state index in [1.807, 2.05) is 0 Å². The van der Waals surface area contributed by atoms with Crippen LogP contribution in [0.4, 0.5) is 0 Å². The zero-order chi connectivity index (χ0) is 9.68. The Labute approximate surface area is 80.3 Å². The van der Waals surface area contributed by atoms with Gasteiger partial charge in [0.1, 0.15) is 0 Å². The largest absolute Gasteiger partial charge is 0.355 e. The molecule has 1 fully saturated rings. The van der Waals surface area contributed by atoms with Gasteiger partial charge in [0.2, 0.25) is 5.91 Å².